The summed E-state index contributed by atoms with van der Waals surface area (Å²) >= 11 is 0. The first-order chi connectivity index (χ1) is 8.22. The third kappa shape index (κ3) is 2.86. The second-order valence-corrected chi connectivity index (χ2v) is 5.35. The molecule has 17 heavy (non-hydrogen) atoms. The summed E-state index contributed by atoms with van der Waals surface area (Å²) in [5.41, 5.74) is 0. The van der Waals surface area contributed by atoms with E-state index in [9.17, 15) is 0 Å². The van der Waals surface area contributed by atoms with Crippen molar-refractivity contribution in [1.82, 2.24) is 20.1 Å². The van der Waals surface area contributed by atoms with Crippen LogP contribution in [0, 0.1) is 5.92 Å². The summed E-state index contributed by atoms with van der Waals surface area (Å²) in [7, 11) is 0. The van der Waals surface area contributed by atoms with Gasteiger partial charge in [-0.15, -0.1) is 10.2 Å². The van der Waals surface area contributed by atoms with Gasteiger partial charge in [0.25, 0.3) is 0 Å². The van der Waals surface area contributed by atoms with Crippen LogP contribution < -0.4 is 5.32 Å². The molecule has 0 aromatic carbocycles. The van der Waals surface area contributed by atoms with Gasteiger partial charge in [-0.1, -0.05) is 20.8 Å². The predicted octanol–water partition coefficient (Wildman–Crippen LogP) is 1.96. The van der Waals surface area contributed by atoms with Gasteiger partial charge in [-0.3, -0.25) is 0 Å². The van der Waals surface area contributed by atoms with E-state index in [2.05, 4.69) is 40.9 Å². The van der Waals surface area contributed by atoms with Crippen LogP contribution in [0.5, 0.6) is 0 Å². The van der Waals surface area contributed by atoms with Gasteiger partial charge in [0.15, 0.2) is 0 Å². The van der Waals surface area contributed by atoms with Crippen LogP contribution >= 0.6 is 0 Å². The van der Waals surface area contributed by atoms with Crippen LogP contribution in [0.1, 0.15) is 51.2 Å². The van der Waals surface area contributed by atoms with Gasteiger partial charge < -0.3 is 9.88 Å². The van der Waals surface area contributed by atoms with E-state index in [1.165, 1.54) is 18.7 Å². The Morgan fingerprint density at radius 1 is 1.41 bits per heavy atom. The lowest BCUT2D eigenvalue weighted by molar-refractivity contribution is 0.341. The lowest BCUT2D eigenvalue weighted by Gasteiger charge is -2.25. The van der Waals surface area contributed by atoms with Crippen molar-refractivity contribution in [2.45, 2.75) is 52.5 Å². The van der Waals surface area contributed by atoms with Gasteiger partial charge in [0.2, 0.25) is 0 Å². The Labute approximate surface area is 104 Å². The standard InChI is InChI=1S/C13H24N4/c1-4-7-14-8-11-5-6-12-15-16-13(10(2)3)17(12)9-11/h10-11,14H,4-9H2,1-3H3/t11-/m1/s1. The molecular weight excluding hydrogens is 212 g/mol. The molecule has 1 aliphatic heterocycles. The largest absolute Gasteiger partial charge is 0.316 e. The molecule has 0 saturated carbocycles. The molecule has 4 heteroatoms. The van der Waals surface area contributed by atoms with Gasteiger partial charge in [-0.2, -0.15) is 0 Å². The van der Waals surface area contributed by atoms with E-state index in [1.807, 2.05) is 0 Å². The molecule has 1 aliphatic rings. The van der Waals surface area contributed by atoms with Crippen LogP contribution in [0.4, 0.5) is 0 Å². The van der Waals surface area contributed by atoms with Gasteiger partial charge in [0, 0.05) is 18.9 Å². The topological polar surface area (TPSA) is 42.7 Å². The van der Waals surface area contributed by atoms with Crippen LogP contribution in [0.25, 0.3) is 0 Å². The molecule has 0 fully saturated rings. The predicted molar refractivity (Wildman–Crippen MR) is 69.1 cm³/mol. The molecule has 1 atom stereocenters. The smallest absolute Gasteiger partial charge is 0.135 e. The van der Waals surface area contributed by atoms with Gasteiger partial charge in [0.05, 0.1) is 0 Å². The molecule has 2 heterocycles. The van der Waals surface area contributed by atoms with E-state index < -0.39 is 0 Å². The van der Waals surface area contributed by atoms with Crippen molar-refractivity contribution in [1.29, 1.82) is 0 Å². The molecule has 1 aromatic rings. The van der Waals surface area contributed by atoms with Crippen LogP contribution in [-0.4, -0.2) is 27.9 Å². The van der Waals surface area contributed by atoms with Crippen molar-refractivity contribution in [3.05, 3.63) is 11.6 Å². The third-order valence-corrected chi connectivity index (χ3v) is 3.45. The van der Waals surface area contributed by atoms with Crippen molar-refractivity contribution < 1.29 is 0 Å². The zero-order valence-corrected chi connectivity index (χ0v) is 11.2. The number of aryl methyl sites for hydroxylation is 1. The minimum atomic E-state index is 0.471. The maximum atomic E-state index is 4.32. The molecule has 1 N–H and O–H groups in total. The van der Waals surface area contributed by atoms with E-state index in [0.29, 0.717) is 5.92 Å². The first-order valence-corrected chi connectivity index (χ1v) is 6.85. The Balaban J connectivity index is 1.99. The molecular formula is C13H24N4. The molecule has 0 radical (unpaired) electrons. The highest BCUT2D eigenvalue weighted by Crippen LogP contribution is 2.22. The minimum absolute atomic E-state index is 0.471. The summed E-state index contributed by atoms with van der Waals surface area (Å²) in [6.45, 7) is 9.94. The van der Waals surface area contributed by atoms with Gasteiger partial charge >= 0.3 is 0 Å². The number of aromatic nitrogens is 3. The average Bonchev–Trinajstić information content (AvgIpc) is 2.72. The minimum Gasteiger partial charge on any atom is -0.316 e. The first-order valence-electron chi connectivity index (χ1n) is 6.85. The van der Waals surface area contributed by atoms with E-state index in [1.54, 1.807) is 0 Å². The average molecular weight is 236 g/mol. The Morgan fingerprint density at radius 2 is 2.24 bits per heavy atom. The van der Waals surface area contributed by atoms with Gasteiger partial charge in [-0.05, 0) is 31.8 Å². The Kier molecular flexibility index (Phi) is 4.15. The SMILES string of the molecule is CCCNC[C@H]1CCc2nnc(C(C)C)n2C1. The second-order valence-electron chi connectivity index (χ2n) is 5.35. The number of hydrogen-bond donors (Lipinski definition) is 1. The molecule has 0 unspecified atom stereocenters. The monoisotopic (exact) mass is 236 g/mol. The second kappa shape index (κ2) is 5.63. The number of hydrogen-bond acceptors (Lipinski definition) is 3. The van der Waals surface area contributed by atoms with Crippen LogP contribution in [0.15, 0.2) is 0 Å². The van der Waals surface area contributed by atoms with Crippen molar-refractivity contribution in [2.24, 2.45) is 5.92 Å². The van der Waals surface area contributed by atoms with E-state index >= 15 is 0 Å². The quantitative estimate of drug-likeness (QED) is 0.795. The fraction of sp³-hybridized carbons (Fsp3) is 0.846. The first kappa shape index (κ1) is 12.6. The van der Waals surface area contributed by atoms with Crippen molar-refractivity contribution in [2.75, 3.05) is 13.1 Å². The fourth-order valence-corrected chi connectivity index (χ4v) is 2.49. The summed E-state index contributed by atoms with van der Waals surface area (Å²) in [5.74, 6) is 3.54. The Morgan fingerprint density at radius 3 is 2.94 bits per heavy atom. The highest BCUT2D eigenvalue weighted by Gasteiger charge is 2.23. The maximum Gasteiger partial charge on any atom is 0.135 e. The lowest BCUT2D eigenvalue weighted by atomic mass is 9.98. The molecule has 4 nitrogen and oxygen atoms in total. The summed E-state index contributed by atoms with van der Waals surface area (Å²) in [5, 5.41) is 12.1. The van der Waals surface area contributed by atoms with Crippen LogP contribution in [0.3, 0.4) is 0 Å². The highest BCUT2D eigenvalue weighted by molar-refractivity contribution is 5.03. The van der Waals surface area contributed by atoms with Gasteiger partial charge in [-0.25, -0.2) is 0 Å². The fourth-order valence-electron chi connectivity index (χ4n) is 2.49. The summed E-state index contributed by atoms with van der Waals surface area (Å²) in [4.78, 5) is 0. The van der Waals surface area contributed by atoms with E-state index in [-0.39, 0.29) is 0 Å². The normalized spacial score (nSPS) is 19.6. The molecule has 2 rings (SSSR count). The van der Waals surface area contributed by atoms with Crippen molar-refractivity contribution in [3.8, 4) is 0 Å². The number of rotatable bonds is 5. The Hall–Kier alpha value is -0.900. The molecule has 0 saturated heterocycles. The number of nitrogens with zero attached hydrogens (tertiary/aromatic N) is 3. The zero-order valence-electron chi connectivity index (χ0n) is 11.2. The Bertz CT molecular complexity index is 356. The zero-order chi connectivity index (χ0) is 12.3. The summed E-state index contributed by atoms with van der Waals surface area (Å²) in [6.07, 6.45) is 3.53. The molecule has 0 spiro atoms. The van der Waals surface area contributed by atoms with Crippen LogP contribution in [0.2, 0.25) is 0 Å². The number of nitrogens with one attached hydrogen (secondary N) is 1. The van der Waals surface area contributed by atoms with Crippen LogP contribution in [-0.2, 0) is 13.0 Å². The third-order valence-electron chi connectivity index (χ3n) is 3.45. The molecule has 1 aromatic heterocycles. The number of fused-ring (bicyclic) bond motifs is 1. The highest BCUT2D eigenvalue weighted by atomic mass is 15.3. The maximum absolute atomic E-state index is 4.32. The van der Waals surface area contributed by atoms with E-state index in [0.717, 1.165) is 37.8 Å². The van der Waals surface area contributed by atoms with Crippen molar-refractivity contribution >= 4 is 0 Å². The molecule has 96 valence electrons. The molecule has 0 aliphatic carbocycles. The summed E-state index contributed by atoms with van der Waals surface area (Å²) < 4.78 is 2.34. The van der Waals surface area contributed by atoms with Crippen molar-refractivity contribution in [3.63, 3.8) is 0 Å². The molecule has 0 amide bonds. The summed E-state index contributed by atoms with van der Waals surface area (Å²) in [6, 6.07) is 0. The van der Waals surface area contributed by atoms with E-state index in [4.69, 9.17) is 0 Å². The lowest BCUT2D eigenvalue weighted by Crippen LogP contribution is -2.31. The molecule has 0 bridgehead atoms. The van der Waals surface area contributed by atoms with Gasteiger partial charge in [0.1, 0.15) is 11.6 Å².